The topological polar surface area (TPSA) is 57.8 Å². The first-order chi connectivity index (χ1) is 9.22. The summed E-state index contributed by atoms with van der Waals surface area (Å²) in [6.45, 7) is 0. The molecule has 98 valence electrons. The van der Waals surface area contributed by atoms with Crippen molar-refractivity contribution in [2.24, 2.45) is 0 Å². The number of nitrogens with zero attached hydrogens (tertiary/aromatic N) is 1. The molecular weight excluding hydrogens is 306 g/mol. The lowest BCUT2D eigenvalue weighted by Gasteiger charge is -2.15. The molecule has 0 radical (unpaired) electrons. The van der Waals surface area contributed by atoms with E-state index in [1.807, 2.05) is 24.3 Å². The lowest BCUT2D eigenvalue weighted by atomic mass is 9.97. The van der Waals surface area contributed by atoms with Gasteiger partial charge >= 0.3 is 0 Å². The number of aromatic amines is 1. The average Bonchev–Trinajstić information content (AvgIpc) is 2.42. The normalized spacial score (nSPS) is 13.9. The number of aryl methyl sites for hydroxylation is 1. The lowest BCUT2D eigenvalue weighted by molar-refractivity contribution is 0.658. The molecule has 0 atom stereocenters. The summed E-state index contributed by atoms with van der Waals surface area (Å²) in [7, 11) is 0. The summed E-state index contributed by atoms with van der Waals surface area (Å²) >= 11 is 3.39. The molecule has 0 fully saturated rings. The quantitative estimate of drug-likeness (QED) is 0.894. The molecule has 0 amide bonds. The number of benzene rings is 1. The molecular formula is C14H14BrN3O. The number of fused-ring (bicyclic) bond motifs is 1. The minimum Gasteiger partial charge on any atom is -0.326 e. The van der Waals surface area contributed by atoms with Crippen LogP contribution in [0.5, 0.6) is 0 Å². The molecule has 5 heteroatoms. The Labute approximate surface area is 119 Å². The Morgan fingerprint density at radius 3 is 2.68 bits per heavy atom. The van der Waals surface area contributed by atoms with Crippen LogP contribution in [0.1, 0.15) is 24.1 Å². The highest BCUT2D eigenvalue weighted by molar-refractivity contribution is 9.10. The standard InChI is InChI=1S/C14H14BrN3O/c15-9-5-7-10(8-6-9)16-14-17-12-4-2-1-3-11(12)13(19)18-14/h5-8H,1-4H2,(H2,16,17,18,19). The van der Waals surface area contributed by atoms with Crippen molar-refractivity contribution in [2.45, 2.75) is 25.7 Å². The molecule has 0 saturated carbocycles. The van der Waals surface area contributed by atoms with E-state index < -0.39 is 0 Å². The zero-order valence-electron chi connectivity index (χ0n) is 10.4. The van der Waals surface area contributed by atoms with E-state index in [-0.39, 0.29) is 5.56 Å². The minimum atomic E-state index is -0.00990. The van der Waals surface area contributed by atoms with Gasteiger partial charge in [0.1, 0.15) is 0 Å². The third-order valence-electron chi connectivity index (χ3n) is 3.30. The fourth-order valence-electron chi connectivity index (χ4n) is 2.33. The first-order valence-electron chi connectivity index (χ1n) is 6.37. The number of H-pyrrole nitrogens is 1. The maximum absolute atomic E-state index is 12.0. The van der Waals surface area contributed by atoms with Crippen LogP contribution < -0.4 is 10.9 Å². The van der Waals surface area contributed by atoms with Crippen molar-refractivity contribution < 1.29 is 0 Å². The maximum atomic E-state index is 12.0. The number of halogens is 1. The number of anilines is 2. The van der Waals surface area contributed by atoms with Crippen molar-refractivity contribution in [3.05, 3.63) is 50.3 Å². The van der Waals surface area contributed by atoms with Gasteiger partial charge in [0.25, 0.3) is 5.56 Å². The van der Waals surface area contributed by atoms with Gasteiger partial charge < -0.3 is 5.32 Å². The van der Waals surface area contributed by atoms with Crippen molar-refractivity contribution in [3.63, 3.8) is 0 Å². The van der Waals surface area contributed by atoms with Crippen LogP contribution in [0.4, 0.5) is 11.6 Å². The molecule has 0 bridgehead atoms. The lowest BCUT2D eigenvalue weighted by Crippen LogP contribution is -2.22. The third-order valence-corrected chi connectivity index (χ3v) is 3.83. The summed E-state index contributed by atoms with van der Waals surface area (Å²) in [4.78, 5) is 19.3. The monoisotopic (exact) mass is 319 g/mol. The molecule has 1 heterocycles. The molecule has 1 aliphatic rings. The summed E-state index contributed by atoms with van der Waals surface area (Å²) in [5.41, 5.74) is 2.69. The number of hydrogen-bond donors (Lipinski definition) is 2. The summed E-state index contributed by atoms with van der Waals surface area (Å²) in [5, 5.41) is 3.13. The van der Waals surface area contributed by atoms with Gasteiger partial charge in [0.15, 0.2) is 0 Å². The zero-order valence-corrected chi connectivity index (χ0v) is 12.0. The van der Waals surface area contributed by atoms with E-state index in [1.165, 1.54) is 0 Å². The van der Waals surface area contributed by atoms with Crippen LogP contribution in [0.15, 0.2) is 33.5 Å². The van der Waals surface area contributed by atoms with Gasteiger partial charge in [-0.15, -0.1) is 0 Å². The SMILES string of the molecule is O=c1[nH]c(Nc2ccc(Br)cc2)nc2c1CCCC2. The van der Waals surface area contributed by atoms with E-state index in [4.69, 9.17) is 0 Å². The van der Waals surface area contributed by atoms with Gasteiger partial charge in [-0.25, -0.2) is 4.98 Å². The fourth-order valence-corrected chi connectivity index (χ4v) is 2.60. The molecule has 0 saturated heterocycles. The molecule has 0 aliphatic heterocycles. The highest BCUT2D eigenvalue weighted by Crippen LogP contribution is 2.19. The smallest absolute Gasteiger partial charge is 0.255 e. The summed E-state index contributed by atoms with van der Waals surface area (Å²) in [6, 6.07) is 7.75. The van der Waals surface area contributed by atoms with Crippen LogP contribution in [0.2, 0.25) is 0 Å². The maximum Gasteiger partial charge on any atom is 0.255 e. The fraction of sp³-hybridized carbons (Fsp3) is 0.286. The Morgan fingerprint density at radius 2 is 1.89 bits per heavy atom. The molecule has 0 spiro atoms. The Morgan fingerprint density at radius 1 is 1.16 bits per heavy atom. The van der Waals surface area contributed by atoms with E-state index in [2.05, 4.69) is 31.2 Å². The average molecular weight is 320 g/mol. The first kappa shape index (κ1) is 12.4. The second-order valence-corrected chi connectivity index (χ2v) is 5.59. The van der Waals surface area contributed by atoms with Gasteiger partial charge in [0.05, 0.1) is 5.69 Å². The molecule has 4 nitrogen and oxygen atoms in total. The van der Waals surface area contributed by atoms with Crippen LogP contribution in [0, 0.1) is 0 Å². The first-order valence-corrected chi connectivity index (χ1v) is 7.16. The van der Waals surface area contributed by atoms with Crippen molar-refractivity contribution in [1.29, 1.82) is 0 Å². The number of aromatic nitrogens is 2. The van der Waals surface area contributed by atoms with Gasteiger partial charge in [0.2, 0.25) is 5.95 Å². The van der Waals surface area contributed by atoms with Gasteiger partial charge in [-0.1, -0.05) is 15.9 Å². The van der Waals surface area contributed by atoms with Crippen LogP contribution in [0.3, 0.4) is 0 Å². The number of nitrogens with one attached hydrogen (secondary N) is 2. The van der Waals surface area contributed by atoms with Crippen molar-refractivity contribution >= 4 is 27.6 Å². The Balaban J connectivity index is 1.91. The predicted molar refractivity (Wildman–Crippen MR) is 78.9 cm³/mol. The van der Waals surface area contributed by atoms with E-state index >= 15 is 0 Å². The Hall–Kier alpha value is -1.62. The summed E-state index contributed by atoms with van der Waals surface area (Å²) in [5.74, 6) is 0.521. The van der Waals surface area contributed by atoms with Crippen LogP contribution in [0.25, 0.3) is 0 Å². The van der Waals surface area contributed by atoms with Crippen LogP contribution in [-0.2, 0) is 12.8 Å². The Kier molecular flexibility index (Phi) is 3.38. The molecule has 1 aromatic carbocycles. The predicted octanol–water partition coefficient (Wildman–Crippen LogP) is 3.15. The van der Waals surface area contributed by atoms with Gasteiger partial charge in [-0.2, -0.15) is 0 Å². The second kappa shape index (κ2) is 5.17. The van der Waals surface area contributed by atoms with Crippen molar-refractivity contribution in [2.75, 3.05) is 5.32 Å². The van der Waals surface area contributed by atoms with E-state index in [1.54, 1.807) is 0 Å². The molecule has 1 aliphatic carbocycles. The molecule has 2 aromatic rings. The van der Waals surface area contributed by atoms with Crippen molar-refractivity contribution in [1.82, 2.24) is 9.97 Å². The molecule has 1 aromatic heterocycles. The second-order valence-electron chi connectivity index (χ2n) is 4.68. The molecule has 19 heavy (non-hydrogen) atoms. The van der Waals surface area contributed by atoms with Gasteiger partial charge in [-0.3, -0.25) is 9.78 Å². The van der Waals surface area contributed by atoms with E-state index in [0.717, 1.165) is 47.1 Å². The highest BCUT2D eigenvalue weighted by atomic mass is 79.9. The van der Waals surface area contributed by atoms with Gasteiger partial charge in [0, 0.05) is 15.7 Å². The van der Waals surface area contributed by atoms with Crippen LogP contribution in [-0.4, -0.2) is 9.97 Å². The molecule has 0 unspecified atom stereocenters. The van der Waals surface area contributed by atoms with E-state index in [9.17, 15) is 4.79 Å². The highest BCUT2D eigenvalue weighted by Gasteiger charge is 2.15. The van der Waals surface area contributed by atoms with E-state index in [0.29, 0.717) is 5.95 Å². The molecule has 2 N–H and O–H groups in total. The van der Waals surface area contributed by atoms with Crippen LogP contribution >= 0.6 is 15.9 Å². The largest absolute Gasteiger partial charge is 0.326 e. The zero-order chi connectivity index (χ0) is 13.2. The third kappa shape index (κ3) is 2.71. The summed E-state index contributed by atoms with van der Waals surface area (Å²) in [6.07, 6.45) is 3.93. The summed E-state index contributed by atoms with van der Waals surface area (Å²) < 4.78 is 1.02. The minimum absolute atomic E-state index is 0.00990. The van der Waals surface area contributed by atoms with Crippen molar-refractivity contribution in [3.8, 4) is 0 Å². The van der Waals surface area contributed by atoms with Gasteiger partial charge in [-0.05, 0) is 49.9 Å². The number of hydrogen-bond acceptors (Lipinski definition) is 3. The molecule has 3 rings (SSSR count). The Bertz CT molecular complexity index is 649. The number of rotatable bonds is 2.